The molecule has 4 aromatic rings. The van der Waals surface area contributed by atoms with Crippen LogP contribution in [0.3, 0.4) is 0 Å². The number of aromatic nitrogens is 6. The van der Waals surface area contributed by atoms with Gasteiger partial charge in [0.05, 0.1) is 42.1 Å². The first-order valence-corrected chi connectivity index (χ1v) is 11.6. The molecule has 1 aromatic carbocycles. The van der Waals surface area contributed by atoms with Crippen LogP contribution in [0.2, 0.25) is 5.02 Å². The molecule has 0 aliphatic heterocycles. The lowest BCUT2D eigenvalue weighted by Gasteiger charge is -2.12. The van der Waals surface area contributed by atoms with Gasteiger partial charge >= 0.3 is 0 Å². The van der Waals surface area contributed by atoms with Crippen molar-refractivity contribution in [1.29, 1.82) is 0 Å². The summed E-state index contributed by atoms with van der Waals surface area (Å²) in [4.78, 5) is 25.5. The van der Waals surface area contributed by atoms with Crippen LogP contribution in [-0.2, 0) is 6.54 Å². The van der Waals surface area contributed by atoms with E-state index in [0.29, 0.717) is 40.2 Å². The van der Waals surface area contributed by atoms with Crippen LogP contribution in [0.5, 0.6) is 5.75 Å². The predicted octanol–water partition coefficient (Wildman–Crippen LogP) is 4.34. The van der Waals surface area contributed by atoms with Crippen LogP contribution in [0.15, 0.2) is 55.5 Å². The molecule has 3 aromatic heterocycles. The molecule has 0 saturated heterocycles. The number of aryl methyl sites for hydroxylation is 1. The Morgan fingerprint density at radius 1 is 1.26 bits per heavy atom. The van der Waals surface area contributed by atoms with E-state index in [4.69, 9.17) is 16.3 Å². The summed E-state index contributed by atoms with van der Waals surface area (Å²) in [6, 6.07) is 5.43. The summed E-state index contributed by atoms with van der Waals surface area (Å²) >= 11 is 6.35. The number of ether oxygens (including phenoxy) is 1. The van der Waals surface area contributed by atoms with Crippen molar-refractivity contribution in [2.45, 2.75) is 32.9 Å². The number of halogens is 1. The van der Waals surface area contributed by atoms with Crippen molar-refractivity contribution < 1.29 is 9.53 Å². The molecule has 0 unspecified atom stereocenters. The normalized spacial score (nSPS) is 11.0. The molecule has 182 valence electrons. The zero-order chi connectivity index (χ0) is 24.8. The van der Waals surface area contributed by atoms with Crippen LogP contribution < -0.4 is 15.4 Å². The highest BCUT2D eigenvalue weighted by molar-refractivity contribution is 6.32. The van der Waals surface area contributed by atoms with Gasteiger partial charge in [-0.1, -0.05) is 11.6 Å². The van der Waals surface area contributed by atoms with E-state index in [1.54, 1.807) is 43.1 Å². The van der Waals surface area contributed by atoms with Crippen molar-refractivity contribution in [3.05, 3.63) is 66.1 Å². The molecule has 0 spiro atoms. The maximum atomic E-state index is 12.7. The van der Waals surface area contributed by atoms with Crippen LogP contribution in [0, 0.1) is 0 Å². The van der Waals surface area contributed by atoms with Crippen molar-refractivity contribution in [3.8, 4) is 17.0 Å². The van der Waals surface area contributed by atoms with E-state index in [2.05, 4.69) is 30.7 Å². The number of imidazole rings is 1. The molecule has 0 fully saturated rings. The van der Waals surface area contributed by atoms with Gasteiger partial charge in [0.2, 0.25) is 5.95 Å². The fraction of sp³-hybridized carbons (Fsp3) is 0.292. The number of nitrogens with zero attached hydrogens (tertiary/aromatic N) is 6. The standard InChI is InChI=1S/C24H27ClN8O2/c1-16(2)33-14-17(12-29-33)22-20(25)13-28-24(31-22)30-18-5-6-19(21(11-18)35-3)23(34)27-7-4-9-32-10-8-26-15-32/h5-6,8,10-16H,4,7,9H2,1-3H3,(H,27,34)(H,28,30,31). The maximum Gasteiger partial charge on any atom is 0.255 e. The van der Waals surface area contributed by atoms with Crippen molar-refractivity contribution in [2.75, 3.05) is 19.0 Å². The fourth-order valence-electron chi connectivity index (χ4n) is 3.44. The zero-order valence-corrected chi connectivity index (χ0v) is 20.5. The lowest BCUT2D eigenvalue weighted by molar-refractivity contribution is 0.0949. The summed E-state index contributed by atoms with van der Waals surface area (Å²) in [5.41, 5.74) is 2.49. The number of amides is 1. The van der Waals surface area contributed by atoms with E-state index in [-0.39, 0.29) is 11.9 Å². The monoisotopic (exact) mass is 494 g/mol. The van der Waals surface area contributed by atoms with Crippen molar-refractivity contribution in [1.82, 2.24) is 34.6 Å². The number of anilines is 2. The average molecular weight is 495 g/mol. The van der Waals surface area contributed by atoms with Gasteiger partial charge in [-0.15, -0.1) is 0 Å². The summed E-state index contributed by atoms with van der Waals surface area (Å²) in [5.74, 6) is 0.598. The Hall–Kier alpha value is -3.92. The van der Waals surface area contributed by atoms with Crippen LogP contribution in [0.1, 0.15) is 36.7 Å². The largest absolute Gasteiger partial charge is 0.496 e. The van der Waals surface area contributed by atoms with Crippen LogP contribution in [0.4, 0.5) is 11.6 Å². The smallest absolute Gasteiger partial charge is 0.255 e. The van der Waals surface area contributed by atoms with Crippen LogP contribution in [-0.4, -0.2) is 48.9 Å². The molecule has 0 aliphatic carbocycles. The number of carbonyl (C=O) groups excluding carboxylic acids is 1. The van der Waals surface area contributed by atoms with Gasteiger partial charge in [-0.2, -0.15) is 5.10 Å². The Balaban J connectivity index is 1.43. The van der Waals surface area contributed by atoms with Gasteiger partial charge in [-0.25, -0.2) is 15.0 Å². The summed E-state index contributed by atoms with van der Waals surface area (Å²) in [7, 11) is 1.53. The number of rotatable bonds is 10. The highest BCUT2D eigenvalue weighted by Crippen LogP contribution is 2.29. The quantitative estimate of drug-likeness (QED) is 0.315. The molecule has 35 heavy (non-hydrogen) atoms. The highest BCUT2D eigenvalue weighted by atomic mass is 35.5. The first-order valence-electron chi connectivity index (χ1n) is 11.2. The van der Waals surface area contributed by atoms with E-state index < -0.39 is 0 Å². The molecule has 2 N–H and O–H groups in total. The molecule has 4 rings (SSSR count). The maximum absolute atomic E-state index is 12.7. The molecule has 3 heterocycles. The minimum atomic E-state index is -0.203. The second kappa shape index (κ2) is 11.0. The van der Waals surface area contributed by atoms with Crippen LogP contribution in [0.25, 0.3) is 11.3 Å². The summed E-state index contributed by atoms with van der Waals surface area (Å²) in [6.07, 6.45) is 11.3. The fourth-order valence-corrected chi connectivity index (χ4v) is 3.64. The molecule has 0 aliphatic rings. The second-order valence-corrected chi connectivity index (χ2v) is 8.55. The number of benzene rings is 1. The molecule has 0 bridgehead atoms. The highest BCUT2D eigenvalue weighted by Gasteiger charge is 2.15. The number of methoxy groups -OCH3 is 1. The Labute approximate surface area is 208 Å². The van der Waals surface area contributed by atoms with Gasteiger partial charge in [-0.3, -0.25) is 9.48 Å². The zero-order valence-electron chi connectivity index (χ0n) is 19.8. The first kappa shape index (κ1) is 24.2. The third kappa shape index (κ3) is 5.96. The lowest BCUT2D eigenvalue weighted by Crippen LogP contribution is -2.25. The van der Waals surface area contributed by atoms with Gasteiger partial charge in [0.1, 0.15) is 5.75 Å². The Bertz CT molecular complexity index is 1290. The number of hydrogen-bond donors (Lipinski definition) is 2. The van der Waals surface area contributed by atoms with Gasteiger partial charge in [0, 0.05) is 55.0 Å². The summed E-state index contributed by atoms with van der Waals surface area (Å²) in [6.45, 7) is 5.41. The van der Waals surface area contributed by atoms with E-state index in [9.17, 15) is 4.79 Å². The van der Waals surface area contributed by atoms with Crippen molar-refractivity contribution in [3.63, 3.8) is 0 Å². The van der Waals surface area contributed by atoms with Gasteiger partial charge in [0.25, 0.3) is 5.91 Å². The predicted molar refractivity (Wildman–Crippen MR) is 134 cm³/mol. The molecule has 11 heteroatoms. The average Bonchev–Trinajstić information content (AvgIpc) is 3.55. The first-order chi connectivity index (χ1) is 16.9. The summed E-state index contributed by atoms with van der Waals surface area (Å²) in [5, 5.41) is 10.9. The molecular formula is C24H27ClN8O2. The van der Waals surface area contributed by atoms with E-state index >= 15 is 0 Å². The Kier molecular flexibility index (Phi) is 7.61. The lowest BCUT2D eigenvalue weighted by atomic mass is 10.1. The molecule has 0 radical (unpaired) electrons. The minimum Gasteiger partial charge on any atom is -0.496 e. The van der Waals surface area contributed by atoms with E-state index in [1.165, 1.54) is 7.11 Å². The second-order valence-electron chi connectivity index (χ2n) is 8.14. The van der Waals surface area contributed by atoms with E-state index in [0.717, 1.165) is 18.5 Å². The SMILES string of the molecule is COc1cc(Nc2ncc(Cl)c(-c3cnn(C(C)C)c3)n2)ccc1C(=O)NCCCn1ccnc1. The van der Waals surface area contributed by atoms with Crippen LogP contribution >= 0.6 is 11.6 Å². The van der Waals surface area contributed by atoms with Crippen molar-refractivity contribution in [2.24, 2.45) is 0 Å². The number of nitrogens with one attached hydrogen (secondary N) is 2. The topological polar surface area (TPSA) is 112 Å². The third-order valence-electron chi connectivity index (χ3n) is 5.29. The Morgan fingerprint density at radius 3 is 2.83 bits per heavy atom. The molecular weight excluding hydrogens is 468 g/mol. The molecule has 1 amide bonds. The Morgan fingerprint density at radius 2 is 2.11 bits per heavy atom. The summed E-state index contributed by atoms with van der Waals surface area (Å²) < 4.78 is 9.27. The third-order valence-corrected chi connectivity index (χ3v) is 5.56. The molecule has 10 nitrogen and oxygen atoms in total. The number of hydrogen-bond acceptors (Lipinski definition) is 7. The minimum absolute atomic E-state index is 0.203. The van der Waals surface area contributed by atoms with Gasteiger partial charge in [0.15, 0.2) is 0 Å². The molecule has 0 atom stereocenters. The number of carbonyl (C=O) groups is 1. The van der Waals surface area contributed by atoms with Gasteiger partial charge < -0.3 is 19.9 Å². The van der Waals surface area contributed by atoms with Gasteiger partial charge in [-0.05, 0) is 32.4 Å². The van der Waals surface area contributed by atoms with Crippen molar-refractivity contribution >= 4 is 29.1 Å². The molecule has 0 saturated carbocycles. The van der Waals surface area contributed by atoms with E-state index in [1.807, 2.05) is 35.5 Å².